The van der Waals surface area contributed by atoms with E-state index in [9.17, 15) is 4.39 Å². The Labute approximate surface area is 60.2 Å². The lowest BCUT2D eigenvalue weighted by Crippen LogP contribution is -2.52. The minimum atomic E-state index is -1.36. The van der Waals surface area contributed by atoms with E-state index in [1.165, 1.54) is 6.92 Å². The molecule has 1 aliphatic rings. The molecular formula is C7H14FNO. The standard InChI is InChI=1S/C7H14FNO/c1-7(8)4-2-3-5(10)6(7)9/h5-6,10H,2-4,9H2,1H3/t5-,6+,7?/m0/s1. The summed E-state index contributed by atoms with van der Waals surface area (Å²) in [5.74, 6) is 0. The summed E-state index contributed by atoms with van der Waals surface area (Å²) < 4.78 is 13.2. The molecule has 0 aliphatic heterocycles. The van der Waals surface area contributed by atoms with Crippen LogP contribution in [0, 0.1) is 0 Å². The van der Waals surface area contributed by atoms with Crippen LogP contribution in [0.5, 0.6) is 0 Å². The molecule has 60 valence electrons. The zero-order chi connectivity index (χ0) is 7.78. The first-order valence-electron chi connectivity index (χ1n) is 3.66. The highest BCUT2D eigenvalue weighted by Crippen LogP contribution is 2.30. The molecule has 1 saturated carbocycles. The lowest BCUT2D eigenvalue weighted by atomic mass is 9.82. The normalized spacial score (nSPS) is 49.2. The molecule has 0 heterocycles. The molecule has 0 bridgehead atoms. The fourth-order valence-electron chi connectivity index (χ4n) is 1.40. The van der Waals surface area contributed by atoms with Crippen molar-refractivity contribution in [3.8, 4) is 0 Å². The van der Waals surface area contributed by atoms with Crippen molar-refractivity contribution < 1.29 is 9.50 Å². The van der Waals surface area contributed by atoms with Gasteiger partial charge < -0.3 is 10.8 Å². The molecule has 2 nitrogen and oxygen atoms in total. The first-order chi connectivity index (χ1) is 4.54. The zero-order valence-electron chi connectivity index (χ0n) is 6.18. The highest BCUT2D eigenvalue weighted by molar-refractivity contribution is 4.94. The number of hydrogen-bond donors (Lipinski definition) is 2. The van der Waals surface area contributed by atoms with Crippen LogP contribution < -0.4 is 5.73 Å². The predicted molar refractivity (Wildman–Crippen MR) is 37.3 cm³/mol. The van der Waals surface area contributed by atoms with Crippen LogP contribution in [0.15, 0.2) is 0 Å². The average molecular weight is 147 g/mol. The summed E-state index contributed by atoms with van der Waals surface area (Å²) in [6.07, 6.45) is 1.21. The largest absolute Gasteiger partial charge is 0.391 e. The summed E-state index contributed by atoms with van der Waals surface area (Å²) in [5.41, 5.74) is 4.07. The Kier molecular flexibility index (Phi) is 1.97. The maximum absolute atomic E-state index is 13.2. The van der Waals surface area contributed by atoms with Crippen LogP contribution in [-0.2, 0) is 0 Å². The molecule has 0 amide bonds. The Bertz CT molecular complexity index is 127. The number of alkyl halides is 1. The summed E-state index contributed by atoms with van der Waals surface area (Å²) >= 11 is 0. The fourth-order valence-corrected chi connectivity index (χ4v) is 1.40. The van der Waals surface area contributed by atoms with Gasteiger partial charge in [-0.1, -0.05) is 0 Å². The lowest BCUT2D eigenvalue weighted by molar-refractivity contribution is 0.00489. The third-order valence-corrected chi connectivity index (χ3v) is 2.28. The molecule has 3 heteroatoms. The van der Waals surface area contributed by atoms with Gasteiger partial charge in [0.15, 0.2) is 0 Å². The summed E-state index contributed by atoms with van der Waals surface area (Å²) in [5, 5.41) is 9.15. The van der Waals surface area contributed by atoms with Gasteiger partial charge in [0.2, 0.25) is 0 Å². The van der Waals surface area contributed by atoms with Crippen molar-refractivity contribution in [3.05, 3.63) is 0 Å². The van der Waals surface area contributed by atoms with E-state index in [0.29, 0.717) is 12.8 Å². The molecule has 1 unspecified atom stereocenters. The number of halogens is 1. The summed E-state index contributed by atoms with van der Waals surface area (Å²) in [7, 11) is 0. The first kappa shape index (κ1) is 7.95. The second-order valence-corrected chi connectivity index (χ2v) is 3.26. The van der Waals surface area contributed by atoms with Crippen LogP contribution in [0.4, 0.5) is 4.39 Å². The van der Waals surface area contributed by atoms with E-state index in [2.05, 4.69) is 0 Å². The fraction of sp³-hybridized carbons (Fsp3) is 1.00. The quantitative estimate of drug-likeness (QED) is 0.526. The predicted octanol–water partition coefficient (Wildman–Crippen LogP) is 0.587. The van der Waals surface area contributed by atoms with E-state index >= 15 is 0 Å². The van der Waals surface area contributed by atoms with Crippen molar-refractivity contribution in [2.24, 2.45) is 5.73 Å². The third kappa shape index (κ3) is 1.30. The monoisotopic (exact) mass is 147 g/mol. The van der Waals surface area contributed by atoms with Crippen molar-refractivity contribution in [1.29, 1.82) is 0 Å². The molecule has 3 N–H and O–H groups in total. The molecule has 0 aromatic carbocycles. The molecule has 0 radical (unpaired) electrons. The van der Waals surface area contributed by atoms with E-state index < -0.39 is 17.8 Å². The Morgan fingerprint density at radius 2 is 2.30 bits per heavy atom. The van der Waals surface area contributed by atoms with Gasteiger partial charge in [-0.3, -0.25) is 0 Å². The summed E-state index contributed by atoms with van der Waals surface area (Å²) in [6.45, 7) is 1.46. The van der Waals surface area contributed by atoms with Crippen LogP contribution in [0.3, 0.4) is 0 Å². The van der Waals surface area contributed by atoms with E-state index in [1.807, 2.05) is 0 Å². The van der Waals surface area contributed by atoms with Gasteiger partial charge in [-0.15, -0.1) is 0 Å². The highest BCUT2D eigenvalue weighted by Gasteiger charge is 2.39. The first-order valence-corrected chi connectivity index (χ1v) is 3.66. The Morgan fingerprint density at radius 3 is 2.70 bits per heavy atom. The maximum atomic E-state index is 13.2. The Morgan fingerprint density at radius 1 is 1.70 bits per heavy atom. The molecule has 0 aromatic heterocycles. The number of aliphatic hydroxyl groups is 1. The molecule has 3 atom stereocenters. The van der Waals surface area contributed by atoms with Gasteiger partial charge in [-0.05, 0) is 26.2 Å². The number of rotatable bonds is 0. The van der Waals surface area contributed by atoms with Crippen LogP contribution in [0.2, 0.25) is 0 Å². The van der Waals surface area contributed by atoms with Gasteiger partial charge in [0.25, 0.3) is 0 Å². The zero-order valence-corrected chi connectivity index (χ0v) is 6.18. The molecular weight excluding hydrogens is 133 g/mol. The second kappa shape index (κ2) is 2.47. The maximum Gasteiger partial charge on any atom is 0.125 e. The SMILES string of the molecule is CC1(F)CCC[C@H](O)[C@H]1N. The van der Waals surface area contributed by atoms with E-state index in [0.717, 1.165) is 6.42 Å². The highest BCUT2D eigenvalue weighted by atomic mass is 19.1. The Balaban J connectivity index is 2.60. The van der Waals surface area contributed by atoms with Gasteiger partial charge in [0, 0.05) is 0 Å². The lowest BCUT2D eigenvalue weighted by Gasteiger charge is -2.35. The molecule has 0 saturated heterocycles. The van der Waals surface area contributed by atoms with Crippen molar-refractivity contribution in [3.63, 3.8) is 0 Å². The topological polar surface area (TPSA) is 46.2 Å². The van der Waals surface area contributed by atoms with Crippen LogP contribution >= 0.6 is 0 Å². The molecule has 0 spiro atoms. The van der Waals surface area contributed by atoms with E-state index in [1.54, 1.807) is 0 Å². The summed E-state index contributed by atoms with van der Waals surface area (Å²) in [6, 6.07) is -0.693. The van der Waals surface area contributed by atoms with Gasteiger partial charge in [0.1, 0.15) is 5.67 Å². The average Bonchev–Trinajstić information content (AvgIpc) is 1.83. The molecule has 1 fully saturated rings. The molecule has 1 rings (SSSR count). The third-order valence-electron chi connectivity index (χ3n) is 2.28. The number of hydrogen-bond acceptors (Lipinski definition) is 2. The minimum absolute atomic E-state index is 0.477. The van der Waals surface area contributed by atoms with E-state index in [4.69, 9.17) is 10.8 Å². The van der Waals surface area contributed by atoms with Crippen LogP contribution in [0.1, 0.15) is 26.2 Å². The number of aliphatic hydroxyl groups excluding tert-OH is 1. The number of nitrogens with two attached hydrogens (primary N) is 1. The molecule has 10 heavy (non-hydrogen) atoms. The van der Waals surface area contributed by atoms with Crippen LogP contribution in [-0.4, -0.2) is 22.9 Å². The van der Waals surface area contributed by atoms with E-state index in [-0.39, 0.29) is 0 Å². The minimum Gasteiger partial charge on any atom is -0.391 e. The van der Waals surface area contributed by atoms with Gasteiger partial charge in [-0.25, -0.2) is 4.39 Å². The van der Waals surface area contributed by atoms with Gasteiger partial charge in [-0.2, -0.15) is 0 Å². The van der Waals surface area contributed by atoms with Crippen molar-refractivity contribution >= 4 is 0 Å². The van der Waals surface area contributed by atoms with Crippen molar-refractivity contribution in [1.82, 2.24) is 0 Å². The summed E-state index contributed by atoms with van der Waals surface area (Å²) in [4.78, 5) is 0. The van der Waals surface area contributed by atoms with Gasteiger partial charge >= 0.3 is 0 Å². The molecule has 1 aliphatic carbocycles. The second-order valence-electron chi connectivity index (χ2n) is 3.26. The smallest absolute Gasteiger partial charge is 0.125 e. The Hall–Kier alpha value is -0.150. The van der Waals surface area contributed by atoms with Gasteiger partial charge in [0.05, 0.1) is 12.1 Å². The van der Waals surface area contributed by atoms with Crippen LogP contribution in [0.25, 0.3) is 0 Å². The van der Waals surface area contributed by atoms with Crippen molar-refractivity contribution in [2.75, 3.05) is 0 Å². The molecule has 0 aromatic rings. The van der Waals surface area contributed by atoms with Crippen molar-refractivity contribution in [2.45, 2.75) is 44.0 Å².